The third-order valence-electron chi connectivity index (χ3n) is 4.25. The highest BCUT2D eigenvalue weighted by Gasteiger charge is 2.21. The maximum atomic E-state index is 12.7. The Kier molecular flexibility index (Phi) is 10.2. The number of carbonyl (C=O) groups is 3. The van der Waals surface area contributed by atoms with E-state index in [4.69, 9.17) is 30.5 Å². The van der Waals surface area contributed by atoms with Crippen LogP contribution in [0.2, 0.25) is 5.02 Å². The molecule has 2 aromatic carbocycles. The van der Waals surface area contributed by atoms with Crippen LogP contribution in [0, 0.1) is 0 Å². The Morgan fingerprint density at radius 2 is 1.76 bits per heavy atom. The molecule has 0 saturated carbocycles. The number of nitrogens with zero attached hydrogens (tertiary/aromatic N) is 1. The third kappa shape index (κ3) is 7.84. The van der Waals surface area contributed by atoms with Crippen molar-refractivity contribution in [3.05, 3.63) is 59.1 Å². The lowest BCUT2D eigenvalue weighted by Gasteiger charge is -2.21. The van der Waals surface area contributed by atoms with Gasteiger partial charge < -0.3 is 18.9 Å². The van der Waals surface area contributed by atoms with Crippen LogP contribution in [0.25, 0.3) is 6.08 Å². The van der Waals surface area contributed by atoms with Gasteiger partial charge >= 0.3 is 11.9 Å². The molecule has 8 nitrogen and oxygen atoms in total. The number of rotatable bonds is 11. The highest BCUT2D eigenvalue weighted by atomic mass is 35.5. The maximum absolute atomic E-state index is 12.7. The number of halogens is 1. The van der Waals surface area contributed by atoms with Crippen LogP contribution in [0.5, 0.6) is 11.5 Å². The molecule has 0 heterocycles. The van der Waals surface area contributed by atoms with Crippen molar-refractivity contribution in [3.8, 4) is 11.5 Å². The summed E-state index contributed by atoms with van der Waals surface area (Å²) >= 11 is 6.20. The van der Waals surface area contributed by atoms with Crippen LogP contribution in [0.3, 0.4) is 0 Å². The number of amides is 1. The van der Waals surface area contributed by atoms with E-state index >= 15 is 0 Å². The standard InChI is InChI=1S/C24H26ClNO7/c1-4-31-20-14-17(13-19(25)24(20)30-3)11-12-22(28)33-16-21(27)26(15-23(29)32-5-2)18-9-7-6-8-10-18/h6-14H,4-5,15-16H2,1-3H3/b12-11+. The number of hydrogen-bond donors (Lipinski definition) is 0. The second-order valence-electron chi connectivity index (χ2n) is 6.53. The van der Waals surface area contributed by atoms with Crippen molar-refractivity contribution >= 4 is 41.2 Å². The van der Waals surface area contributed by atoms with E-state index in [0.29, 0.717) is 34.4 Å². The number of ether oxygens (including phenoxy) is 4. The fraction of sp³-hybridized carbons (Fsp3) is 0.292. The summed E-state index contributed by atoms with van der Waals surface area (Å²) in [5.41, 5.74) is 1.07. The Morgan fingerprint density at radius 3 is 2.39 bits per heavy atom. The van der Waals surface area contributed by atoms with Gasteiger partial charge in [0.2, 0.25) is 0 Å². The summed E-state index contributed by atoms with van der Waals surface area (Å²) in [6.45, 7) is 3.25. The summed E-state index contributed by atoms with van der Waals surface area (Å²) in [4.78, 5) is 37.9. The number of para-hydroxylation sites is 1. The van der Waals surface area contributed by atoms with E-state index in [1.807, 2.05) is 6.92 Å². The van der Waals surface area contributed by atoms with Crippen molar-refractivity contribution in [1.29, 1.82) is 0 Å². The number of esters is 2. The van der Waals surface area contributed by atoms with E-state index < -0.39 is 24.5 Å². The van der Waals surface area contributed by atoms with E-state index in [-0.39, 0.29) is 13.2 Å². The first kappa shape index (κ1) is 25.7. The van der Waals surface area contributed by atoms with Crippen LogP contribution in [0.4, 0.5) is 5.69 Å². The molecular formula is C24H26ClNO7. The van der Waals surface area contributed by atoms with Crippen LogP contribution in [-0.2, 0) is 23.9 Å². The molecule has 0 radical (unpaired) electrons. The van der Waals surface area contributed by atoms with Crippen molar-refractivity contribution in [2.24, 2.45) is 0 Å². The van der Waals surface area contributed by atoms with Gasteiger partial charge in [0.15, 0.2) is 18.1 Å². The minimum Gasteiger partial charge on any atom is -0.491 e. The molecule has 0 spiro atoms. The van der Waals surface area contributed by atoms with E-state index in [2.05, 4.69) is 0 Å². The van der Waals surface area contributed by atoms with Crippen LogP contribution >= 0.6 is 11.6 Å². The van der Waals surface area contributed by atoms with Gasteiger partial charge in [0.25, 0.3) is 5.91 Å². The van der Waals surface area contributed by atoms with Gasteiger partial charge in [-0.25, -0.2) is 4.79 Å². The number of anilines is 1. The smallest absolute Gasteiger partial charge is 0.331 e. The quantitative estimate of drug-likeness (QED) is 0.359. The molecule has 0 aliphatic rings. The zero-order chi connectivity index (χ0) is 24.2. The maximum Gasteiger partial charge on any atom is 0.331 e. The molecule has 9 heteroatoms. The number of methoxy groups -OCH3 is 1. The Labute approximate surface area is 197 Å². The zero-order valence-electron chi connectivity index (χ0n) is 18.7. The predicted molar refractivity (Wildman–Crippen MR) is 125 cm³/mol. The van der Waals surface area contributed by atoms with Gasteiger partial charge in [-0.2, -0.15) is 0 Å². The van der Waals surface area contributed by atoms with Crippen molar-refractivity contribution < 1.29 is 33.3 Å². The normalized spacial score (nSPS) is 10.5. The Hall–Kier alpha value is -3.52. The largest absolute Gasteiger partial charge is 0.491 e. The molecule has 0 atom stereocenters. The zero-order valence-corrected chi connectivity index (χ0v) is 19.5. The Morgan fingerprint density at radius 1 is 1.03 bits per heavy atom. The average Bonchev–Trinajstić information content (AvgIpc) is 2.80. The molecule has 2 rings (SSSR count). The number of hydrogen-bond acceptors (Lipinski definition) is 7. The SMILES string of the molecule is CCOC(=O)CN(C(=O)COC(=O)/C=C/c1cc(Cl)c(OC)c(OCC)c1)c1ccccc1. The highest BCUT2D eigenvalue weighted by molar-refractivity contribution is 6.32. The topological polar surface area (TPSA) is 91.4 Å². The summed E-state index contributed by atoms with van der Waals surface area (Å²) in [6, 6.07) is 11.8. The molecule has 176 valence electrons. The highest BCUT2D eigenvalue weighted by Crippen LogP contribution is 2.36. The molecule has 0 bridgehead atoms. The molecule has 0 aliphatic heterocycles. The number of carbonyl (C=O) groups excluding carboxylic acids is 3. The minimum atomic E-state index is -0.739. The first-order valence-electron chi connectivity index (χ1n) is 10.3. The summed E-state index contributed by atoms with van der Waals surface area (Å²) < 4.78 is 20.7. The van der Waals surface area contributed by atoms with Crippen molar-refractivity contribution in [1.82, 2.24) is 0 Å². The van der Waals surface area contributed by atoms with Gasteiger partial charge in [0.1, 0.15) is 6.54 Å². The molecule has 0 aromatic heterocycles. The molecule has 0 N–H and O–H groups in total. The molecular weight excluding hydrogens is 450 g/mol. The fourth-order valence-electron chi connectivity index (χ4n) is 2.84. The second kappa shape index (κ2) is 13.1. The molecule has 0 saturated heterocycles. The average molecular weight is 476 g/mol. The molecule has 0 fully saturated rings. The molecule has 1 amide bonds. The van der Waals surface area contributed by atoms with Crippen molar-refractivity contribution in [3.63, 3.8) is 0 Å². The van der Waals surface area contributed by atoms with Crippen LogP contribution in [-0.4, -0.2) is 51.3 Å². The Balaban J connectivity index is 2.05. The van der Waals surface area contributed by atoms with Crippen LogP contribution in [0.1, 0.15) is 19.4 Å². The van der Waals surface area contributed by atoms with Gasteiger partial charge in [0, 0.05) is 11.8 Å². The van der Waals surface area contributed by atoms with E-state index in [0.717, 1.165) is 0 Å². The molecule has 33 heavy (non-hydrogen) atoms. The predicted octanol–water partition coefficient (Wildman–Crippen LogP) is 3.90. The summed E-state index contributed by atoms with van der Waals surface area (Å²) in [7, 11) is 1.48. The van der Waals surface area contributed by atoms with Gasteiger partial charge in [-0.1, -0.05) is 29.8 Å². The van der Waals surface area contributed by atoms with E-state index in [1.54, 1.807) is 49.4 Å². The summed E-state index contributed by atoms with van der Waals surface area (Å²) in [5.74, 6) is -1.04. The minimum absolute atomic E-state index is 0.190. The lowest BCUT2D eigenvalue weighted by molar-refractivity contribution is -0.144. The molecule has 0 unspecified atom stereocenters. The van der Waals surface area contributed by atoms with E-state index in [9.17, 15) is 14.4 Å². The summed E-state index contributed by atoms with van der Waals surface area (Å²) in [5, 5.41) is 0.323. The lowest BCUT2D eigenvalue weighted by atomic mass is 10.2. The van der Waals surface area contributed by atoms with Crippen LogP contribution < -0.4 is 14.4 Å². The molecule has 2 aromatic rings. The fourth-order valence-corrected chi connectivity index (χ4v) is 3.13. The first-order valence-corrected chi connectivity index (χ1v) is 10.6. The number of benzene rings is 2. The lowest BCUT2D eigenvalue weighted by Crippen LogP contribution is -2.39. The second-order valence-corrected chi connectivity index (χ2v) is 6.94. The van der Waals surface area contributed by atoms with Gasteiger partial charge in [-0.05, 0) is 49.8 Å². The van der Waals surface area contributed by atoms with Gasteiger partial charge in [-0.3, -0.25) is 14.5 Å². The third-order valence-corrected chi connectivity index (χ3v) is 4.53. The van der Waals surface area contributed by atoms with Crippen molar-refractivity contribution in [2.45, 2.75) is 13.8 Å². The Bertz CT molecular complexity index is 992. The van der Waals surface area contributed by atoms with E-state index in [1.165, 1.54) is 24.2 Å². The van der Waals surface area contributed by atoms with Gasteiger partial charge in [-0.15, -0.1) is 0 Å². The van der Waals surface area contributed by atoms with Crippen molar-refractivity contribution in [2.75, 3.05) is 38.4 Å². The summed E-state index contributed by atoms with van der Waals surface area (Å²) in [6.07, 6.45) is 2.65. The molecule has 0 aliphatic carbocycles. The first-order chi connectivity index (χ1) is 15.9. The van der Waals surface area contributed by atoms with Crippen LogP contribution in [0.15, 0.2) is 48.5 Å². The van der Waals surface area contributed by atoms with Gasteiger partial charge in [0.05, 0.1) is 25.3 Å². The monoisotopic (exact) mass is 475 g/mol.